The van der Waals surface area contributed by atoms with Crippen LogP contribution in [-0.2, 0) is 35.1 Å². The molecule has 17 heteroatoms. The van der Waals surface area contributed by atoms with Gasteiger partial charge in [-0.25, -0.2) is 0 Å². The number of aliphatic carboxylic acids is 1. The molecule has 5 aliphatic heterocycles. The zero-order chi connectivity index (χ0) is 40.9. The zero-order valence-corrected chi connectivity index (χ0v) is 31.9. The van der Waals surface area contributed by atoms with Crippen LogP contribution < -0.4 is 29.6 Å². The van der Waals surface area contributed by atoms with Crippen LogP contribution in [-0.4, -0.2) is 107 Å². The topological polar surface area (TPSA) is 244 Å². The van der Waals surface area contributed by atoms with Gasteiger partial charge in [-0.2, -0.15) is 4.89 Å². The van der Waals surface area contributed by atoms with E-state index in [4.69, 9.17) is 53.8 Å². The Labute approximate surface area is 332 Å². The second kappa shape index (κ2) is 16.1. The minimum Gasteiger partial charge on any atom is -0.508 e. The van der Waals surface area contributed by atoms with E-state index in [9.17, 15) is 30.0 Å². The van der Waals surface area contributed by atoms with E-state index in [1.165, 1.54) is 0 Å². The maximum atomic E-state index is 12.0. The highest BCUT2D eigenvalue weighted by molar-refractivity contribution is 5.90. The minimum atomic E-state index is -1.88. The van der Waals surface area contributed by atoms with Gasteiger partial charge in [0.15, 0.2) is 29.1 Å². The van der Waals surface area contributed by atoms with Crippen LogP contribution in [0.4, 0.5) is 0 Å². The fourth-order valence-corrected chi connectivity index (χ4v) is 8.55. The summed E-state index contributed by atoms with van der Waals surface area (Å²) in [5, 5.41) is 52.6. The molecule has 1 saturated heterocycles. The Morgan fingerprint density at radius 3 is 2.53 bits per heavy atom. The van der Waals surface area contributed by atoms with Gasteiger partial charge in [0.2, 0.25) is 0 Å². The predicted molar refractivity (Wildman–Crippen MR) is 198 cm³/mol. The fourth-order valence-electron chi connectivity index (χ4n) is 8.55. The maximum absolute atomic E-state index is 12.0. The number of aliphatic hydroxyl groups is 3. The number of hydrogen-bond acceptors (Lipinski definition) is 16. The van der Waals surface area contributed by atoms with Crippen LogP contribution in [0, 0.1) is 5.92 Å². The number of phenols is 1. The molecule has 7 N–H and O–H groups in total. The summed E-state index contributed by atoms with van der Waals surface area (Å²) in [5.41, 5.74) is 7.65. The van der Waals surface area contributed by atoms with Crippen molar-refractivity contribution in [2.24, 2.45) is 11.7 Å². The lowest BCUT2D eigenvalue weighted by atomic mass is 9.77. The van der Waals surface area contributed by atoms with Gasteiger partial charge in [-0.05, 0) is 61.1 Å². The summed E-state index contributed by atoms with van der Waals surface area (Å²) in [7, 11) is 0. The third kappa shape index (κ3) is 7.25. The summed E-state index contributed by atoms with van der Waals surface area (Å²) in [6.45, 7) is 3.58. The molecule has 58 heavy (non-hydrogen) atoms. The van der Waals surface area contributed by atoms with Crippen molar-refractivity contribution in [3.05, 3.63) is 70.3 Å². The van der Waals surface area contributed by atoms with E-state index in [2.05, 4.69) is 13.8 Å². The quantitative estimate of drug-likeness (QED) is 0.0926. The normalized spacial score (nSPS) is 29.2. The molecule has 0 aromatic heterocycles. The molecule has 0 saturated carbocycles. The van der Waals surface area contributed by atoms with E-state index in [0.717, 1.165) is 11.1 Å². The summed E-state index contributed by atoms with van der Waals surface area (Å²) < 4.78 is 42.3. The van der Waals surface area contributed by atoms with E-state index >= 15 is 0 Å². The molecule has 0 unspecified atom stereocenters. The summed E-state index contributed by atoms with van der Waals surface area (Å²) in [6.07, 6.45) is -7.58. The Balaban J connectivity index is 1.16. The molecule has 5 aliphatic rings. The van der Waals surface area contributed by atoms with Gasteiger partial charge in [0.1, 0.15) is 61.3 Å². The molecule has 312 valence electrons. The maximum Gasteiger partial charge on any atom is 0.317 e. The molecule has 17 nitrogen and oxygen atoms in total. The second-order valence-electron chi connectivity index (χ2n) is 15.6. The fraction of sp³-hybridized carbons (Fsp3) is 0.512. The lowest BCUT2D eigenvalue weighted by Gasteiger charge is -2.50. The van der Waals surface area contributed by atoms with Crippen molar-refractivity contribution in [3.8, 4) is 34.5 Å². The van der Waals surface area contributed by atoms with E-state index in [1.807, 2.05) is 18.2 Å². The number of aromatic hydroxyl groups is 1. The number of carbonyl (C=O) groups is 2. The van der Waals surface area contributed by atoms with Gasteiger partial charge in [-0.15, -0.1) is 0 Å². The molecule has 1 fully saturated rings. The Morgan fingerprint density at radius 2 is 1.79 bits per heavy atom. The number of fused-ring (bicyclic) bond motifs is 7. The monoisotopic (exact) mass is 809 g/mol. The highest BCUT2D eigenvalue weighted by atomic mass is 17.2. The van der Waals surface area contributed by atoms with E-state index in [0.29, 0.717) is 52.7 Å². The molecule has 3 aromatic carbocycles. The first-order valence-electron chi connectivity index (χ1n) is 19.4. The molecule has 5 heterocycles. The van der Waals surface area contributed by atoms with Crippen molar-refractivity contribution in [3.63, 3.8) is 0 Å². The van der Waals surface area contributed by atoms with E-state index in [1.54, 1.807) is 24.3 Å². The SMILES string of the molecule is CC(C)Cc1c2c(cc3c1O[C@@H]1c4cc5c(cc4OC[C@@H]31)[C@H](c1cccc(O)c1)CC[C@]1(OO5)[C@H](OCCN)O[C@H](COC(=O)CC(=O)O)[C@@H](O)[C@@H]1O)O[C@@H](CO)O2. The third-order valence-electron chi connectivity index (χ3n) is 11.2. The molecular weight excluding hydrogens is 762 g/mol. The van der Waals surface area contributed by atoms with Crippen molar-refractivity contribution in [2.75, 3.05) is 33.0 Å². The first kappa shape index (κ1) is 39.9. The molecule has 0 radical (unpaired) electrons. The Morgan fingerprint density at radius 1 is 1.00 bits per heavy atom. The number of benzene rings is 3. The highest BCUT2D eigenvalue weighted by Gasteiger charge is 2.60. The molecule has 1 spiro atoms. The van der Waals surface area contributed by atoms with Crippen LogP contribution in [0.25, 0.3) is 0 Å². The zero-order valence-electron chi connectivity index (χ0n) is 31.9. The van der Waals surface area contributed by atoms with Crippen molar-refractivity contribution in [2.45, 2.75) is 94.0 Å². The van der Waals surface area contributed by atoms with Crippen molar-refractivity contribution in [1.82, 2.24) is 0 Å². The van der Waals surface area contributed by atoms with Crippen molar-refractivity contribution in [1.29, 1.82) is 0 Å². The lowest BCUT2D eigenvalue weighted by molar-refractivity contribution is -0.422. The number of carboxylic acids is 1. The summed E-state index contributed by atoms with van der Waals surface area (Å²) >= 11 is 0. The summed E-state index contributed by atoms with van der Waals surface area (Å²) in [4.78, 5) is 35.5. The number of carboxylic acid groups (broad SMARTS) is 1. The van der Waals surface area contributed by atoms with E-state index in [-0.39, 0.29) is 55.9 Å². The minimum absolute atomic E-state index is 0.0165. The van der Waals surface area contributed by atoms with Gasteiger partial charge < -0.3 is 69.3 Å². The van der Waals surface area contributed by atoms with Crippen LogP contribution in [0.15, 0.2) is 42.5 Å². The number of hydrogen-bond donors (Lipinski definition) is 6. The van der Waals surface area contributed by atoms with Gasteiger partial charge in [0, 0.05) is 34.7 Å². The molecule has 8 rings (SSSR count). The lowest BCUT2D eigenvalue weighted by Crippen LogP contribution is -2.69. The van der Waals surface area contributed by atoms with Gasteiger partial charge >= 0.3 is 11.9 Å². The number of nitrogens with two attached hydrogens (primary N) is 1. The van der Waals surface area contributed by atoms with Crippen molar-refractivity contribution >= 4 is 11.9 Å². The molecular formula is C41H47NO16. The van der Waals surface area contributed by atoms with Crippen molar-refractivity contribution < 1.29 is 78.1 Å². The Bertz CT molecular complexity index is 2040. The number of rotatable bonds is 11. The number of aliphatic hydroxyl groups excluding tert-OH is 3. The van der Waals surface area contributed by atoms with Gasteiger partial charge in [-0.3, -0.25) is 9.59 Å². The van der Waals surface area contributed by atoms with Gasteiger partial charge in [-0.1, -0.05) is 26.0 Å². The van der Waals surface area contributed by atoms with E-state index < -0.39 is 73.5 Å². The average molecular weight is 810 g/mol. The standard InChI is InChI=1S/C41H47NO16/c1-19(2)10-26-36-24(13-30-38(26)55-34(16-43)53-30)27-17-51-28-12-23-22(20-4-3-5-21(44)11-20)6-7-41(58-57-29(23)14-25(28)37(27)56-36)39(49)35(48)31(54-40(41)50-9-8-42)18-52-33(47)15-32(45)46/h3-5,11-14,19,22,27,31,34-35,37,39-40,43-44,48-49H,6-10,15-18,42H2,1-2H3,(H,45,46)/t22-,27-,31+,34+,35+,37+,39-,40+,41+/m0/s1. The first-order chi connectivity index (χ1) is 27.9. The Kier molecular flexibility index (Phi) is 11.0. The molecule has 0 amide bonds. The number of carbonyl (C=O) groups excluding carboxylic acids is 1. The average Bonchev–Trinajstić information content (AvgIpc) is 3.78. The van der Waals surface area contributed by atoms with Crippen LogP contribution in [0.3, 0.4) is 0 Å². The van der Waals surface area contributed by atoms with Crippen LogP contribution in [0.2, 0.25) is 0 Å². The summed E-state index contributed by atoms with van der Waals surface area (Å²) in [6, 6.07) is 12.3. The largest absolute Gasteiger partial charge is 0.508 e. The summed E-state index contributed by atoms with van der Waals surface area (Å²) in [5.74, 6) is -0.385. The predicted octanol–water partition coefficient (Wildman–Crippen LogP) is 2.70. The number of ether oxygens (including phenoxy) is 7. The van der Waals surface area contributed by atoms with Crippen LogP contribution in [0.5, 0.6) is 34.5 Å². The highest BCUT2D eigenvalue weighted by Crippen LogP contribution is 2.59. The van der Waals surface area contributed by atoms with Crippen LogP contribution in [0.1, 0.15) is 78.9 Å². The van der Waals surface area contributed by atoms with Gasteiger partial charge in [0.05, 0.1) is 19.1 Å². The van der Waals surface area contributed by atoms with Gasteiger partial charge in [0.25, 0.3) is 6.29 Å². The third-order valence-corrected chi connectivity index (χ3v) is 11.2. The number of phenolic OH excluding ortho intramolecular Hbond substituents is 1. The van der Waals surface area contributed by atoms with Crippen LogP contribution >= 0.6 is 0 Å². The first-order valence-corrected chi connectivity index (χ1v) is 19.4. The second-order valence-corrected chi connectivity index (χ2v) is 15.6. The smallest absolute Gasteiger partial charge is 0.317 e. The molecule has 3 aromatic rings. The molecule has 9 atom stereocenters. The molecule has 0 bridgehead atoms. The molecule has 0 aliphatic carbocycles. The number of esters is 1. The Hall–Kier alpha value is -4.88.